The van der Waals surface area contributed by atoms with Crippen LogP contribution in [0.5, 0.6) is 0 Å². The number of hydrogen-bond donors (Lipinski definition) is 3. The zero-order chi connectivity index (χ0) is 15.7. The van der Waals surface area contributed by atoms with E-state index in [4.69, 9.17) is 4.74 Å². The standard InChI is InChI=1S/C15H28N4O2/c1-12-13(11-18-19-12)7-5-8-16-9-6-10-17-14(20)21-15(2,3)4/h11,16H,5-10H2,1-4H3,(H,17,20)(H,18,19). The molecule has 3 N–H and O–H groups in total. The third-order valence-corrected chi connectivity index (χ3v) is 2.93. The molecule has 0 unspecified atom stereocenters. The molecule has 0 atom stereocenters. The van der Waals surface area contributed by atoms with Crippen molar-refractivity contribution in [3.8, 4) is 0 Å². The minimum absolute atomic E-state index is 0.349. The molecule has 0 saturated heterocycles. The predicted molar refractivity (Wildman–Crippen MR) is 83.4 cm³/mol. The summed E-state index contributed by atoms with van der Waals surface area (Å²) in [6.45, 7) is 10.1. The first-order valence-electron chi connectivity index (χ1n) is 7.55. The SMILES string of the molecule is Cc1[nH]ncc1CCCNCCCNC(=O)OC(C)(C)C. The Hall–Kier alpha value is -1.56. The van der Waals surface area contributed by atoms with Gasteiger partial charge in [-0.05, 0) is 65.6 Å². The molecular weight excluding hydrogens is 268 g/mol. The van der Waals surface area contributed by atoms with E-state index in [1.807, 2.05) is 33.9 Å². The van der Waals surface area contributed by atoms with Crippen LogP contribution < -0.4 is 10.6 Å². The van der Waals surface area contributed by atoms with Crippen LogP contribution in [0, 0.1) is 6.92 Å². The number of aromatic nitrogens is 2. The maximum atomic E-state index is 11.4. The van der Waals surface area contributed by atoms with Crippen molar-refractivity contribution < 1.29 is 9.53 Å². The molecule has 1 rings (SSSR count). The molecule has 0 aliphatic rings. The van der Waals surface area contributed by atoms with Gasteiger partial charge in [0.05, 0.1) is 6.20 Å². The summed E-state index contributed by atoms with van der Waals surface area (Å²) >= 11 is 0. The van der Waals surface area contributed by atoms with Crippen molar-refractivity contribution in [3.63, 3.8) is 0 Å². The number of nitrogens with zero attached hydrogens (tertiary/aromatic N) is 1. The number of hydrogen-bond acceptors (Lipinski definition) is 4. The van der Waals surface area contributed by atoms with Crippen molar-refractivity contribution in [1.29, 1.82) is 0 Å². The van der Waals surface area contributed by atoms with Crippen LogP contribution in [0.1, 0.15) is 44.9 Å². The Bertz CT molecular complexity index is 424. The smallest absolute Gasteiger partial charge is 0.407 e. The van der Waals surface area contributed by atoms with E-state index in [0.29, 0.717) is 6.54 Å². The maximum absolute atomic E-state index is 11.4. The van der Waals surface area contributed by atoms with Crippen LogP contribution in [0.2, 0.25) is 0 Å². The second-order valence-electron chi connectivity index (χ2n) is 6.16. The van der Waals surface area contributed by atoms with Gasteiger partial charge in [-0.1, -0.05) is 0 Å². The third-order valence-electron chi connectivity index (χ3n) is 2.93. The molecule has 6 nitrogen and oxygen atoms in total. The Morgan fingerprint density at radius 1 is 1.29 bits per heavy atom. The summed E-state index contributed by atoms with van der Waals surface area (Å²) in [5.74, 6) is 0. The molecule has 6 heteroatoms. The monoisotopic (exact) mass is 296 g/mol. The van der Waals surface area contributed by atoms with Crippen LogP contribution in [0.15, 0.2) is 6.20 Å². The van der Waals surface area contributed by atoms with Gasteiger partial charge in [0.25, 0.3) is 0 Å². The lowest BCUT2D eigenvalue weighted by atomic mass is 10.1. The van der Waals surface area contributed by atoms with Gasteiger partial charge in [0, 0.05) is 12.2 Å². The highest BCUT2D eigenvalue weighted by molar-refractivity contribution is 5.67. The van der Waals surface area contributed by atoms with Crippen LogP contribution in [0.3, 0.4) is 0 Å². The molecule has 0 aliphatic heterocycles. The summed E-state index contributed by atoms with van der Waals surface area (Å²) in [5.41, 5.74) is 1.99. The molecule has 1 amide bonds. The first-order chi connectivity index (χ1) is 9.88. The number of aromatic amines is 1. The molecular formula is C15H28N4O2. The Kier molecular flexibility index (Phi) is 7.22. The van der Waals surface area contributed by atoms with E-state index in [1.54, 1.807) is 0 Å². The number of alkyl carbamates (subject to hydrolysis) is 1. The minimum Gasteiger partial charge on any atom is -0.444 e. The minimum atomic E-state index is -0.437. The summed E-state index contributed by atoms with van der Waals surface area (Å²) in [6.07, 6.45) is 4.55. The van der Waals surface area contributed by atoms with E-state index in [2.05, 4.69) is 20.8 Å². The molecule has 21 heavy (non-hydrogen) atoms. The van der Waals surface area contributed by atoms with Crippen molar-refractivity contribution in [2.75, 3.05) is 19.6 Å². The van der Waals surface area contributed by atoms with E-state index in [0.717, 1.165) is 38.0 Å². The third kappa shape index (κ3) is 8.34. The van der Waals surface area contributed by atoms with Gasteiger partial charge in [-0.3, -0.25) is 5.10 Å². The molecule has 1 aromatic heterocycles. The fraction of sp³-hybridized carbons (Fsp3) is 0.733. The fourth-order valence-electron chi connectivity index (χ4n) is 1.87. The number of ether oxygens (including phenoxy) is 1. The number of H-pyrrole nitrogens is 1. The van der Waals surface area contributed by atoms with E-state index in [-0.39, 0.29) is 6.09 Å². The second kappa shape index (κ2) is 8.67. The quantitative estimate of drug-likeness (QED) is 0.642. The lowest BCUT2D eigenvalue weighted by Gasteiger charge is -2.19. The van der Waals surface area contributed by atoms with Gasteiger partial charge in [-0.2, -0.15) is 5.10 Å². The fourth-order valence-corrected chi connectivity index (χ4v) is 1.87. The van der Waals surface area contributed by atoms with Crippen LogP contribution in [0.4, 0.5) is 4.79 Å². The highest BCUT2D eigenvalue weighted by Gasteiger charge is 2.15. The van der Waals surface area contributed by atoms with Crippen molar-refractivity contribution in [2.45, 2.75) is 52.6 Å². The van der Waals surface area contributed by atoms with Gasteiger partial charge in [-0.25, -0.2) is 4.79 Å². The largest absolute Gasteiger partial charge is 0.444 e. The topological polar surface area (TPSA) is 79.0 Å². The molecule has 0 aromatic carbocycles. The van der Waals surface area contributed by atoms with E-state index < -0.39 is 5.60 Å². The summed E-state index contributed by atoms with van der Waals surface area (Å²) in [4.78, 5) is 11.4. The van der Waals surface area contributed by atoms with Gasteiger partial charge in [0.1, 0.15) is 5.60 Å². The van der Waals surface area contributed by atoms with Gasteiger partial charge in [0.2, 0.25) is 0 Å². The van der Waals surface area contributed by atoms with E-state index in [9.17, 15) is 4.79 Å². The van der Waals surface area contributed by atoms with Crippen LogP contribution >= 0.6 is 0 Å². The highest BCUT2D eigenvalue weighted by Crippen LogP contribution is 2.06. The summed E-state index contributed by atoms with van der Waals surface area (Å²) in [7, 11) is 0. The van der Waals surface area contributed by atoms with Crippen LogP contribution in [-0.2, 0) is 11.2 Å². The molecule has 1 heterocycles. The first kappa shape index (κ1) is 17.5. The second-order valence-corrected chi connectivity index (χ2v) is 6.16. The number of amides is 1. The van der Waals surface area contributed by atoms with Gasteiger partial charge >= 0.3 is 6.09 Å². The number of carbonyl (C=O) groups excluding carboxylic acids is 1. The summed E-state index contributed by atoms with van der Waals surface area (Å²) in [6, 6.07) is 0. The normalized spacial score (nSPS) is 11.4. The first-order valence-corrected chi connectivity index (χ1v) is 7.55. The molecule has 0 bridgehead atoms. The molecule has 0 saturated carbocycles. The number of aryl methyl sites for hydroxylation is 2. The van der Waals surface area contributed by atoms with E-state index >= 15 is 0 Å². The Morgan fingerprint density at radius 3 is 2.62 bits per heavy atom. The number of rotatable bonds is 8. The lowest BCUT2D eigenvalue weighted by molar-refractivity contribution is 0.0527. The average molecular weight is 296 g/mol. The molecule has 1 aromatic rings. The van der Waals surface area contributed by atoms with Crippen LogP contribution in [0.25, 0.3) is 0 Å². The molecule has 0 spiro atoms. The Morgan fingerprint density at radius 2 is 2.00 bits per heavy atom. The van der Waals surface area contributed by atoms with Gasteiger partial charge in [0.15, 0.2) is 0 Å². The lowest BCUT2D eigenvalue weighted by Crippen LogP contribution is -2.34. The van der Waals surface area contributed by atoms with Crippen molar-refractivity contribution in [2.24, 2.45) is 0 Å². The van der Waals surface area contributed by atoms with Crippen molar-refractivity contribution in [1.82, 2.24) is 20.8 Å². The van der Waals surface area contributed by atoms with Gasteiger partial charge in [-0.15, -0.1) is 0 Å². The summed E-state index contributed by atoms with van der Waals surface area (Å²) in [5, 5.41) is 13.1. The maximum Gasteiger partial charge on any atom is 0.407 e. The molecule has 0 radical (unpaired) electrons. The zero-order valence-corrected chi connectivity index (χ0v) is 13.6. The average Bonchev–Trinajstić information content (AvgIpc) is 2.76. The molecule has 120 valence electrons. The highest BCUT2D eigenvalue weighted by atomic mass is 16.6. The van der Waals surface area contributed by atoms with Crippen LogP contribution in [-0.4, -0.2) is 41.5 Å². The van der Waals surface area contributed by atoms with Gasteiger partial charge < -0.3 is 15.4 Å². The van der Waals surface area contributed by atoms with Crippen molar-refractivity contribution in [3.05, 3.63) is 17.5 Å². The Balaban J connectivity index is 1.93. The number of carbonyl (C=O) groups is 1. The van der Waals surface area contributed by atoms with E-state index in [1.165, 1.54) is 5.56 Å². The zero-order valence-electron chi connectivity index (χ0n) is 13.6. The number of nitrogens with one attached hydrogen (secondary N) is 3. The molecule has 0 fully saturated rings. The Labute approximate surface area is 127 Å². The van der Waals surface area contributed by atoms with Crippen molar-refractivity contribution >= 4 is 6.09 Å². The summed E-state index contributed by atoms with van der Waals surface area (Å²) < 4.78 is 5.16. The predicted octanol–water partition coefficient (Wildman–Crippen LogP) is 2.16. The molecule has 0 aliphatic carbocycles.